The zero-order chi connectivity index (χ0) is 8.69. The second kappa shape index (κ2) is 6.22. The van der Waals surface area contributed by atoms with Crippen LogP contribution in [0.5, 0.6) is 0 Å². The SMILES string of the molecule is CCCCC(OC(C)=O)[S+]=O. The van der Waals surface area contributed by atoms with Gasteiger partial charge in [0.25, 0.3) is 0 Å². The number of hydrogen-bond donors (Lipinski definition) is 0. The van der Waals surface area contributed by atoms with Crippen molar-refractivity contribution < 1.29 is 13.7 Å². The van der Waals surface area contributed by atoms with Crippen LogP contribution in [0.25, 0.3) is 0 Å². The first-order valence-electron chi connectivity index (χ1n) is 3.66. The largest absolute Gasteiger partial charge is 0.507 e. The average molecular weight is 177 g/mol. The predicted molar refractivity (Wildman–Crippen MR) is 43.1 cm³/mol. The van der Waals surface area contributed by atoms with E-state index in [1.807, 2.05) is 6.92 Å². The highest BCUT2D eigenvalue weighted by Gasteiger charge is 2.23. The van der Waals surface area contributed by atoms with Gasteiger partial charge in [-0.05, 0) is 6.42 Å². The van der Waals surface area contributed by atoms with Gasteiger partial charge in [0, 0.05) is 17.6 Å². The summed E-state index contributed by atoms with van der Waals surface area (Å²) >= 11 is 0.345. The molecule has 1 unspecified atom stereocenters. The molecule has 0 aromatic heterocycles. The van der Waals surface area contributed by atoms with Crippen LogP contribution >= 0.6 is 0 Å². The number of carbonyl (C=O) groups excluding carboxylic acids is 1. The predicted octanol–water partition coefficient (Wildman–Crippen LogP) is 1.49. The van der Waals surface area contributed by atoms with Gasteiger partial charge >= 0.3 is 23.1 Å². The number of ether oxygens (including phenoxy) is 1. The summed E-state index contributed by atoms with van der Waals surface area (Å²) in [6, 6.07) is 0. The zero-order valence-corrected chi connectivity index (χ0v) is 7.65. The Morgan fingerprint density at radius 2 is 2.27 bits per heavy atom. The molecule has 0 aliphatic carbocycles. The molecule has 3 nitrogen and oxygen atoms in total. The molecule has 0 amide bonds. The summed E-state index contributed by atoms with van der Waals surface area (Å²) in [4.78, 5) is 10.4. The molecule has 64 valence electrons. The Labute approximate surface area is 70.6 Å². The fourth-order valence-corrected chi connectivity index (χ4v) is 1.12. The summed E-state index contributed by atoms with van der Waals surface area (Å²) in [6.45, 7) is 3.34. The van der Waals surface area contributed by atoms with Crippen LogP contribution in [0.1, 0.15) is 33.1 Å². The number of esters is 1. The minimum absolute atomic E-state index is 0.345. The van der Waals surface area contributed by atoms with Gasteiger partial charge in [0.1, 0.15) is 0 Å². The summed E-state index contributed by atoms with van der Waals surface area (Å²) < 4.78 is 15.0. The Hall–Kier alpha value is -0.510. The van der Waals surface area contributed by atoms with E-state index in [1.165, 1.54) is 6.92 Å². The molecule has 11 heavy (non-hydrogen) atoms. The quantitative estimate of drug-likeness (QED) is 0.363. The third kappa shape index (κ3) is 5.91. The fraction of sp³-hybridized carbons (Fsp3) is 0.857. The van der Waals surface area contributed by atoms with E-state index in [4.69, 9.17) is 4.74 Å². The van der Waals surface area contributed by atoms with Crippen LogP contribution < -0.4 is 0 Å². The maximum atomic E-state index is 10.4. The molecule has 4 heteroatoms. The highest BCUT2D eigenvalue weighted by molar-refractivity contribution is 7.66. The van der Waals surface area contributed by atoms with Crippen LogP contribution in [0, 0.1) is 0 Å². The van der Waals surface area contributed by atoms with Gasteiger partial charge < -0.3 is 4.74 Å². The van der Waals surface area contributed by atoms with E-state index in [0.29, 0.717) is 18.1 Å². The van der Waals surface area contributed by atoms with Gasteiger partial charge in [0.05, 0.1) is 0 Å². The van der Waals surface area contributed by atoms with Gasteiger partial charge in [-0.15, -0.1) is 0 Å². The van der Waals surface area contributed by atoms with E-state index in [-0.39, 0.29) is 5.97 Å². The van der Waals surface area contributed by atoms with Gasteiger partial charge in [-0.1, -0.05) is 13.3 Å². The van der Waals surface area contributed by atoms with E-state index in [9.17, 15) is 9.00 Å². The number of carbonyl (C=O) groups is 1. The molecule has 0 saturated carbocycles. The number of rotatable bonds is 5. The molecule has 0 heterocycles. The van der Waals surface area contributed by atoms with E-state index in [1.54, 1.807) is 0 Å². The molecular weight excluding hydrogens is 164 g/mol. The molecule has 0 aromatic rings. The molecule has 1 atom stereocenters. The van der Waals surface area contributed by atoms with Crippen molar-refractivity contribution in [2.75, 3.05) is 0 Å². The number of unbranched alkanes of at least 4 members (excludes halogenated alkanes) is 1. The lowest BCUT2D eigenvalue weighted by Gasteiger charge is -1.98. The maximum Gasteiger partial charge on any atom is 0.507 e. The van der Waals surface area contributed by atoms with Crippen molar-refractivity contribution in [3.8, 4) is 0 Å². The standard InChI is InChI=1S/C7H13O3S/c1-3-4-5-7(11-9)10-6(2)8/h7H,3-5H2,1-2H3/q+1. The summed E-state index contributed by atoms with van der Waals surface area (Å²) in [7, 11) is 0. The first-order valence-corrected chi connectivity index (χ1v) is 4.47. The minimum atomic E-state index is -0.493. The molecule has 0 spiro atoms. The molecule has 0 aromatic carbocycles. The first-order chi connectivity index (χ1) is 5.20. The third-order valence-electron chi connectivity index (χ3n) is 1.20. The van der Waals surface area contributed by atoms with Crippen LogP contribution in [0.4, 0.5) is 0 Å². The zero-order valence-electron chi connectivity index (χ0n) is 6.83. The van der Waals surface area contributed by atoms with Crippen molar-refractivity contribution in [3.63, 3.8) is 0 Å². The second-order valence-corrected chi connectivity index (χ2v) is 3.00. The summed E-state index contributed by atoms with van der Waals surface area (Å²) in [6.07, 6.45) is 2.59. The van der Waals surface area contributed by atoms with Crippen LogP contribution in [-0.4, -0.2) is 11.4 Å². The molecule has 0 N–H and O–H groups in total. The molecule has 0 saturated heterocycles. The van der Waals surface area contributed by atoms with Gasteiger partial charge in [-0.25, -0.2) is 0 Å². The van der Waals surface area contributed by atoms with Crippen molar-refractivity contribution in [2.24, 2.45) is 0 Å². The fourth-order valence-electron chi connectivity index (χ4n) is 0.683. The Balaban J connectivity index is 3.57. The molecule has 0 rings (SSSR count). The Morgan fingerprint density at radius 1 is 1.64 bits per heavy atom. The lowest BCUT2D eigenvalue weighted by atomic mass is 10.3. The smallest absolute Gasteiger partial charge is 0.404 e. The van der Waals surface area contributed by atoms with E-state index in [0.717, 1.165) is 12.8 Å². The van der Waals surface area contributed by atoms with E-state index < -0.39 is 5.44 Å². The van der Waals surface area contributed by atoms with Crippen molar-refractivity contribution >= 4 is 17.6 Å². The van der Waals surface area contributed by atoms with E-state index in [2.05, 4.69) is 0 Å². The van der Waals surface area contributed by atoms with Crippen molar-refractivity contribution in [2.45, 2.75) is 38.5 Å². The molecule has 0 bridgehead atoms. The lowest BCUT2D eigenvalue weighted by Crippen LogP contribution is -2.14. The first kappa shape index (κ1) is 10.5. The van der Waals surface area contributed by atoms with Gasteiger partial charge in [-0.2, -0.15) is 0 Å². The summed E-state index contributed by atoms with van der Waals surface area (Å²) in [5, 5.41) is 0. The third-order valence-corrected chi connectivity index (χ3v) is 1.74. The molecule has 0 aliphatic rings. The highest BCUT2D eigenvalue weighted by Crippen LogP contribution is 2.03. The van der Waals surface area contributed by atoms with Gasteiger partial charge in [0.2, 0.25) is 0 Å². The van der Waals surface area contributed by atoms with Crippen molar-refractivity contribution in [1.82, 2.24) is 0 Å². The van der Waals surface area contributed by atoms with Gasteiger partial charge in [-0.3, -0.25) is 4.79 Å². The topological polar surface area (TPSA) is 43.4 Å². The van der Waals surface area contributed by atoms with Crippen LogP contribution in [-0.2, 0) is 25.4 Å². The highest BCUT2D eigenvalue weighted by atomic mass is 32.1. The normalized spacial score (nSPS) is 12.2. The number of hydrogen-bond acceptors (Lipinski definition) is 3. The van der Waals surface area contributed by atoms with Crippen molar-refractivity contribution in [3.05, 3.63) is 0 Å². The van der Waals surface area contributed by atoms with E-state index >= 15 is 0 Å². The maximum absolute atomic E-state index is 10.4. The van der Waals surface area contributed by atoms with Gasteiger partial charge in [0.15, 0.2) is 0 Å². The Bertz CT molecular complexity index is 136. The monoisotopic (exact) mass is 177 g/mol. The second-order valence-electron chi connectivity index (χ2n) is 2.28. The minimum Gasteiger partial charge on any atom is -0.404 e. The van der Waals surface area contributed by atoms with Crippen LogP contribution in [0.3, 0.4) is 0 Å². The summed E-state index contributed by atoms with van der Waals surface area (Å²) in [5.74, 6) is -0.380. The molecule has 0 radical (unpaired) electrons. The molecule has 0 aliphatic heterocycles. The summed E-state index contributed by atoms with van der Waals surface area (Å²) in [5.41, 5.74) is -0.493. The Morgan fingerprint density at radius 3 is 2.64 bits per heavy atom. The molecular formula is C7H13O3S+. The molecule has 0 fully saturated rings. The van der Waals surface area contributed by atoms with Crippen molar-refractivity contribution in [1.29, 1.82) is 0 Å². The lowest BCUT2D eigenvalue weighted by molar-refractivity contribution is -0.142. The Kier molecular flexibility index (Phi) is 5.93. The average Bonchev–Trinajstić information content (AvgIpc) is 1.97. The van der Waals surface area contributed by atoms with Crippen LogP contribution in [0.2, 0.25) is 0 Å². The van der Waals surface area contributed by atoms with Crippen LogP contribution in [0.15, 0.2) is 0 Å².